The number of phenols is 2. The average molecular weight is 356 g/mol. The third-order valence-corrected chi connectivity index (χ3v) is 3.12. The van der Waals surface area contributed by atoms with Crippen molar-refractivity contribution in [2.24, 2.45) is 0 Å². The minimum absolute atomic E-state index is 0.171. The van der Waals surface area contributed by atoms with E-state index in [1.54, 1.807) is 48.6 Å². The maximum Gasteiger partial charge on any atom is 0.331 e. The van der Waals surface area contributed by atoms with Gasteiger partial charge in [-0.3, -0.25) is 0 Å². The Kier molecular flexibility index (Phi) is 8.16. The number of carbonyl (C=O) groups is 2. The number of carboxylic acid groups (broad SMARTS) is 1. The van der Waals surface area contributed by atoms with Crippen LogP contribution in [0.5, 0.6) is 11.5 Å². The molecule has 136 valence electrons. The molecule has 0 heterocycles. The van der Waals surface area contributed by atoms with Gasteiger partial charge in [0.2, 0.25) is 0 Å². The van der Waals surface area contributed by atoms with E-state index in [9.17, 15) is 9.59 Å². The number of rotatable bonds is 4. The molecule has 6 nitrogen and oxygen atoms in total. The minimum atomic E-state index is -0.937. The van der Waals surface area contributed by atoms with Crippen LogP contribution in [0.2, 0.25) is 0 Å². The molecule has 0 saturated carbocycles. The van der Waals surface area contributed by atoms with Gasteiger partial charge in [0.25, 0.3) is 0 Å². The van der Waals surface area contributed by atoms with Gasteiger partial charge in [-0.1, -0.05) is 24.3 Å². The predicted molar refractivity (Wildman–Crippen MR) is 98.6 cm³/mol. The molecule has 0 atom stereocenters. The molecule has 0 fully saturated rings. The highest BCUT2D eigenvalue weighted by molar-refractivity contribution is 5.91. The lowest BCUT2D eigenvalue weighted by Gasteiger charge is -1.95. The third-order valence-electron chi connectivity index (χ3n) is 3.12. The summed E-state index contributed by atoms with van der Waals surface area (Å²) in [5, 5.41) is 26.5. The Morgan fingerprint density at radius 2 is 1.35 bits per heavy atom. The van der Waals surface area contributed by atoms with Gasteiger partial charge in [0.1, 0.15) is 11.5 Å². The zero-order chi connectivity index (χ0) is 19.5. The zero-order valence-corrected chi connectivity index (χ0v) is 14.4. The van der Waals surface area contributed by atoms with Gasteiger partial charge < -0.3 is 20.1 Å². The molecule has 2 aromatic carbocycles. The molecule has 0 aliphatic carbocycles. The molecule has 2 aromatic rings. The molecule has 0 amide bonds. The van der Waals surface area contributed by atoms with Crippen LogP contribution in [0.1, 0.15) is 18.1 Å². The fourth-order valence-corrected chi connectivity index (χ4v) is 1.70. The lowest BCUT2D eigenvalue weighted by Crippen LogP contribution is -1.95. The standard InChI is InChI=1S/2C10H10O3/c1-13-10(12)7-4-8-2-5-9(11)6-3-8;1-7(10(12)13)6-8-2-4-9(11)5-3-8/h2-7,11H,1H3;2-6,11H,1H3,(H,12,13)/b7-4+;7-6+. The lowest BCUT2D eigenvalue weighted by molar-refractivity contribution is -0.135. The van der Waals surface area contributed by atoms with E-state index in [2.05, 4.69) is 4.74 Å². The van der Waals surface area contributed by atoms with E-state index in [-0.39, 0.29) is 17.1 Å². The van der Waals surface area contributed by atoms with Crippen molar-refractivity contribution in [3.63, 3.8) is 0 Å². The number of esters is 1. The van der Waals surface area contributed by atoms with E-state index in [0.717, 1.165) is 11.1 Å². The van der Waals surface area contributed by atoms with Crippen LogP contribution in [-0.2, 0) is 14.3 Å². The summed E-state index contributed by atoms with van der Waals surface area (Å²) in [6.45, 7) is 1.52. The predicted octanol–water partition coefficient (Wildman–Crippen LogP) is 3.46. The molecule has 0 aliphatic heterocycles. The van der Waals surface area contributed by atoms with Crippen molar-refractivity contribution < 1.29 is 29.6 Å². The Morgan fingerprint density at radius 1 is 0.885 bits per heavy atom. The maximum absolute atomic E-state index is 10.7. The highest BCUT2D eigenvalue weighted by Gasteiger charge is 1.99. The second-order valence-corrected chi connectivity index (χ2v) is 5.17. The minimum Gasteiger partial charge on any atom is -0.508 e. The van der Waals surface area contributed by atoms with Crippen LogP contribution in [0, 0.1) is 0 Å². The van der Waals surface area contributed by atoms with Gasteiger partial charge in [-0.25, -0.2) is 9.59 Å². The first-order valence-corrected chi connectivity index (χ1v) is 7.57. The van der Waals surface area contributed by atoms with Crippen LogP contribution in [0.3, 0.4) is 0 Å². The molecule has 0 aliphatic rings. The Balaban J connectivity index is 0.000000260. The van der Waals surface area contributed by atoms with Gasteiger partial charge in [0.15, 0.2) is 0 Å². The molecule has 0 spiro atoms. The van der Waals surface area contributed by atoms with E-state index < -0.39 is 11.9 Å². The van der Waals surface area contributed by atoms with Gasteiger partial charge in [-0.05, 0) is 54.5 Å². The van der Waals surface area contributed by atoms with Gasteiger partial charge in [0.05, 0.1) is 7.11 Å². The quantitative estimate of drug-likeness (QED) is 0.572. The molecule has 2 rings (SSSR count). The number of ether oxygens (including phenoxy) is 1. The van der Waals surface area contributed by atoms with Gasteiger partial charge >= 0.3 is 11.9 Å². The number of aliphatic carboxylic acids is 1. The first-order chi connectivity index (χ1) is 12.3. The van der Waals surface area contributed by atoms with Crippen molar-refractivity contribution in [2.45, 2.75) is 6.92 Å². The third kappa shape index (κ3) is 7.83. The number of hydrogen-bond donors (Lipinski definition) is 3. The van der Waals surface area contributed by atoms with E-state index >= 15 is 0 Å². The summed E-state index contributed by atoms with van der Waals surface area (Å²) in [7, 11) is 1.32. The first kappa shape index (κ1) is 20.5. The number of carbonyl (C=O) groups excluding carboxylic acids is 1. The van der Waals surface area contributed by atoms with E-state index in [0.29, 0.717) is 0 Å². The summed E-state index contributed by atoms with van der Waals surface area (Å²) in [5.74, 6) is -0.957. The van der Waals surface area contributed by atoms with Crippen molar-refractivity contribution in [2.75, 3.05) is 7.11 Å². The molecule has 0 aromatic heterocycles. The second-order valence-electron chi connectivity index (χ2n) is 5.17. The summed E-state index contributed by atoms with van der Waals surface area (Å²) in [6.07, 6.45) is 4.49. The normalized spacial score (nSPS) is 10.8. The Bertz CT molecular complexity index is 784. The van der Waals surface area contributed by atoms with Gasteiger partial charge in [-0.2, -0.15) is 0 Å². The van der Waals surface area contributed by atoms with Crippen molar-refractivity contribution >= 4 is 24.1 Å². The Morgan fingerprint density at radius 3 is 1.77 bits per heavy atom. The fourth-order valence-electron chi connectivity index (χ4n) is 1.70. The number of benzene rings is 2. The number of phenolic OH excluding ortho intramolecular Hbond substituents is 2. The number of aromatic hydroxyl groups is 2. The monoisotopic (exact) mass is 356 g/mol. The summed E-state index contributed by atoms with van der Waals surface area (Å²) >= 11 is 0. The molecule has 0 saturated heterocycles. The average Bonchev–Trinajstić information content (AvgIpc) is 2.63. The van der Waals surface area contributed by atoms with Crippen LogP contribution < -0.4 is 0 Å². The summed E-state index contributed by atoms with van der Waals surface area (Å²) < 4.78 is 4.42. The SMILES string of the molecule is C/C(=C\c1ccc(O)cc1)C(=O)O.COC(=O)/C=C/c1ccc(O)cc1. The van der Waals surface area contributed by atoms with Crippen molar-refractivity contribution in [3.05, 3.63) is 71.3 Å². The van der Waals surface area contributed by atoms with Gasteiger partial charge in [0, 0.05) is 11.6 Å². The molecule has 0 unspecified atom stereocenters. The molecule has 0 bridgehead atoms. The van der Waals surface area contributed by atoms with Crippen LogP contribution in [-0.4, -0.2) is 34.4 Å². The fraction of sp³-hybridized carbons (Fsp3) is 0.100. The zero-order valence-electron chi connectivity index (χ0n) is 14.4. The van der Waals surface area contributed by atoms with Crippen molar-refractivity contribution in [1.29, 1.82) is 0 Å². The van der Waals surface area contributed by atoms with Gasteiger partial charge in [-0.15, -0.1) is 0 Å². The second kappa shape index (κ2) is 10.4. The van der Waals surface area contributed by atoms with Crippen molar-refractivity contribution in [1.82, 2.24) is 0 Å². The summed E-state index contributed by atoms with van der Waals surface area (Å²) in [4.78, 5) is 21.1. The molecule has 26 heavy (non-hydrogen) atoms. The van der Waals surface area contributed by atoms with Crippen LogP contribution in [0.4, 0.5) is 0 Å². The van der Waals surface area contributed by atoms with Crippen LogP contribution in [0.25, 0.3) is 12.2 Å². The smallest absolute Gasteiger partial charge is 0.331 e. The number of carboxylic acids is 1. The Labute approximate surface area is 151 Å². The molecular formula is C20H20O6. The summed E-state index contributed by atoms with van der Waals surface area (Å²) in [6, 6.07) is 12.9. The molecule has 3 N–H and O–H groups in total. The maximum atomic E-state index is 10.7. The summed E-state index contributed by atoms with van der Waals surface area (Å²) in [5.41, 5.74) is 1.87. The Hall–Kier alpha value is -3.54. The first-order valence-electron chi connectivity index (χ1n) is 7.57. The van der Waals surface area contributed by atoms with E-state index in [1.165, 1.54) is 32.2 Å². The topological polar surface area (TPSA) is 104 Å². The van der Waals surface area contributed by atoms with Crippen LogP contribution in [0.15, 0.2) is 60.2 Å². The molecule has 6 heteroatoms. The number of methoxy groups -OCH3 is 1. The molecule has 0 radical (unpaired) electrons. The van der Waals surface area contributed by atoms with Crippen LogP contribution >= 0.6 is 0 Å². The highest BCUT2D eigenvalue weighted by atomic mass is 16.5. The van der Waals surface area contributed by atoms with E-state index in [4.69, 9.17) is 15.3 Å². The highest BCUT2D eigenvalue weighted by Crippen LogP contribution is 2.12. The molecular weight excluding hydrogens is 336 g/mol. The number of hydrogen-bond acceptors (Lipinski definition) is 5. The van der Waals surface area contributed by atoms with Crippen molar-refractivity contribution in [3.8, 4) is 11.5 Å². The lowest BCUT2D eigenvalue weighted by atomic mass is 10.1. The van der Waals surface area contributed by atoms with E-state index in [1.807, 2.05) is 0 Å². The largest absolute Gasteiger partial charge is 0.508 e.